The molecule has 0 fully saturated rings. The lowest BCUT2D eigenvalue weighted by Crippen LogP contribution is -2.36. The summed E-state index contributed by atoms with van der Waals surface area (Å²) in [6.07, 6.45) is -0.421. The Morgan fingerprint density at radius 3 is 2.89 bits per heavy atom. The van der Waals surface area contributed by atoms with Crippen LogP contribution in [0.4, 0.5) is 4.79 Å². The van der Waals surface area contributed by atoms with E-state index in [1.165, 1.54) is 0 Å². The van der Waals surface area contributed by atoms with Crippen molar-refractivity contribution in [2.45, 2.75) is 13.1 Å². The van der Waals surface area contributed by atoms with Crippen LogP contribution in [0.3, 0.4) is 0 Å². The highest BCUT2D eigenvalue weighted by molar-refractivity contribution is 5.83. The van der Waals surface area contributed by atoms with E-state index in [0.29, 0.717) is 30.5 Å². The van der Waals surface area contributed by atoms with E-state index in [2.05, 4.69) is 4.98 Å². The Bertz CT molecular complexity index is 1070. The van der Waals surface area contributed by atoms with Crippen molar-refractivity contribution in [2.75, 3.05) is 13.9 Å². The summed E-state index contributed by atoms with van der Waals surface area (Å²) in [4.78, 5) is 18.6. The molecule has 2 aromatic carbocycles. The molecular weight excluding hydrogens is 348 g/mol. The fourth-order valence-electron chi connectivity index (χ4n) is 3.30. The zero-order valence-corrected chi connectivity index (χ0v) is 14.6. The number of rotatable bonds is 3. The number of methoxy groups -OCH3 is 1. The molecule has 1 aromatic heterocycles. The number of ether oxygens (including phenoxy) is 4. The van der Waals surface area contributed by atoms with Crippen LogP contribution < -0.4 is 18.9 Å². The smallest absolute Gasteiger partial charge is 0.417 e. The van der Waals surface area contributed by atoms with E-state index in [4.69, 9.17) is 18.9 Å². The number of fused-ring (bicyclic) bond motifs is 3. The first-order valence-corrected chi connectivity index (χ1v) is 8.52. The minimum absolute atomic E-state index is 0.224. The summed E-state index contributed by atoms with van der Waals surface area (Å²) in [6, 6.07) is 13.3. The third-order valence-corrected chi connectivity index (χ3v) is 4.68. The number of amides is 1. The minimum Gasteiger partial charge on any atom is -0.497 e. The molecule has 7 heteroatoms. The van der Waals surface area contributed by atoms with Gasteiger partial charge in [-0.2, -0.15) is 0 Å². The molecule has 0 bridgehead atoms. The lowest BCUT2D eigenvalue weighted by atomic mass is 10.1. The molecule has 5 rings (SSSR count). The van der Waals surface area contributed by atoms with Gasteiger partial charge in [0, 0.05) is 23.6 Å². The highest BCUT2D eigenvalue weighted by Gasteiger charge is 2.27. The van der Waals surface area contributed by atoms with Crippen molar-refractivity contribution >= 4 is 17.0 Å². The van der Waals surface area contributed by atoms with Crippen molar-refractivity contribution in [3.05, 3.63) is 53.6 Å². The summed E-state index contributed by atoms with van der Waals surface area (Å²) in [6.45, 7) is 1.06. The van der Waals surface area contributed by atoms with E-state index in [1.807, 2.05) is 42.5 Å². The number of hydrogen-bond acceptors (Lipinski definition) is 6. The van der Waals surface area contributed by atoms with Crippen LogP contribution >= 0.6 is 0 Å². The normalized spacial score (nSPS) is 14.9. The molecule has 0 saturated carbocycles. The van der Waals surface area contributed by atoms with E-state index >= 15 is 0 Å². The maximum absolute atomic E-state index is 12.4. The number of aromatic nitrogens is 1. The molecule has 0 spiro atoms. The Kier molecular flexibility index (Phi) is 3.53. The van der Waals surface area contributed by atoms with Gasteiger partial charge in [-0.15, -0.1) is 0 Å². The number of carbonyl (C=O) groups excluding carboxylic acids is 1. The fraction of sp³-hybridized carbons (Fsp3) is 0.200. The summed E-state index contributed by atoms with van der Waals surface area (Å²) in [5, 5.41) is 0.968. The molecule has 3 aromatic rings. The summed E-state index contributed by atoms with van der Waals surface area (Å²) in [5.74, 6) is 2.47. The summed E-state index contributed by atoms with van der Waals surface area (Å²) < 4.78 is 21.4. The van der Waals surface area contributed by atoms with Gasteiger partial charge < -0.3 is 18.9 Å². The van der Waals surface area contributed by atoms with Crippen molar-refractivity contribution < 1.29 is 23.7 Å². The van der Waals surface area contributed by atoms with Gasteiger partial charge in [0.2, 0.25) is 12.7 Å². The second-order valence-corrected chi connectivity index (χ2v) is 6.42. The second-order valence-electron chi connectivity index (χ2n) is 6.42. The highest BCUT2D eigenvalue weighted by atomic mass is 16.7. The highest BCUT2D eigenvalue weighted by Crippen LogP contribution is 2.34. The first-order valence-electron chi connectivity index (χ1n) is 8.52. The van der Waals surface area contributed by atoms with Crippen LogP contribution in [0.1, 0.15) is 11.1 Å². The molecule has 0 atom stereocenters. The lowest BCUT2D eigenvalue weighted by Gasteiger charge is -2.27. The Morgan fingerprint density at radius 2 is 2.00 bits per heavy atom. The number of carbonyl (C=O) groups is 1. The van der Waals surface area contributed by atoms with E-state index in [9.17, 15) is 4.79 Å². The molecule has 0 aliphatic carbocycles. The van der Waals surface area contributed by atoms with Gasteiger partial charge >= 0.3 is 6.09 Å². The molecule has 2 aliphatic rings. The van der Waals surface area contributed by atoms with Crippen molar-refractivity contribution in [3.8, 4) is 23.1 Å². The maximum atomic E-state index is 12.4. The van der Waals surface area contributed by atoms with Crippen molar-refractivity contribution in [3.63, 3.8) is 0 Å². The number of pyridine rings is 1. The molecule has 27 heavy (non-hydrogen) atoms. The fourth-order valence-corrected chi connectivity index (χ4v) is 3.30. The summed E-state index contributed by atoms with van der Waals surface area (Å²) >= 11 is 0. The van der Waals surface area contributed by atoms with E-state index in [0.717, 1.165) is 27.8 Å². The molecule has 2 aliphatic heterocycles. The molecule has 7 nitrogen and oxygen atoms in total. The predicted octanol–water partition coefficient (Wildman–Crippen LogP) is 3.49. The van der Waals surface area contributed by atoms with Gasteiger partial charge in [-0.1, -0.05) is 6.07 Å². The van der Waals surface area contributed by atoms with E-state index in [1.54, 1.807) is 12.0 Å². The van der Waals surface area contributed by atoms with Gasteiger partial charge in [-0.3, -0.25) is 4.90 Å². The molecule has 3 heterocycles. The molecule has 0 N–H and O–H groups in total. The molecular formula is C20H16N2O5. The standard InChI is InChI=1S/C20H16N2O5/c1-24-15-4-3-13-7-14-10-22(20(23)27-19(14)21-16(13)8-15)9-12-2-5-17-18(6-12)26-11-25-17/h2-8H,9-11H2,1H3. The van der Waals surface area contributed by atoms with Crippen LogP contribution in [0.2, 0.25) is 0 Å². The molecule has 0 saturated heterocycles. The van der Waals surface area contributed by atoms with Crippen molar-refractivity contribution in [1.29, 1.82) is 0 Å². The second kappa shape index (κ2) is 6.05. The third-order valence-electron chi connectivity index (χ3n) is 4.68. The van der Waals surface area contributed by atoms with Crippen LogP contribution in [0.5, 0.6) is 23.1 Å². The quantitative estimate of drug-likeness (QED) is 0.709. The molecule has 0 unspecified atom stereocenters. The van der Waals surface area contributed by atoms with E-state index < -0.39 is 6.09 Å². The van der Waals surface area contributed by atoms with Crippen molar-refractivity contribution in [2.24, 2.45) is 0 Å². The van der Waals surface area contributed by atoms with Crippen molar-refractivity contribution in [1.82, 2.24) is 9.88 Å². The van der Waals surface area contributed by atoms with Gasteiger partial charge in [0.1, 0.15) is 5.75 Å². The summed E-state index contributed by atoms with van der Waals surface area (Å²) in [7, 11) is 1.60. The van der Waals surface area contributed by atoms with Gasteiger partial charge in [0.05, 0.1) is 19.2 Å². The molecule has 1 amide bonds. The Balaban J connectivity index is 1.43. The minimum atomic E-state index is -0.421. The number of benzene rings is 2. The number of nitrogens with zero attached hydrogens (tertiary/aromatic N) is 2. The number of hydrogen-bond donors (Lipinski definition) is 0. The van der Waals surface area contributed by atoms with Crippen LogP contribution in [-0.4, -0.2) is 29.9 Å². The van der Waals surface area contributed by atoms with Gasteiger partial charge in [0.15, 0.2) is 11.5 Å². The Labute approximate surface area is 155 Å². The van der Waals surface area contributed by atoms with Gasteiger partial charge in [0.25, 0.3) is 0 Å². The average Bonchev–Trinajstić information content (AvgIpc) is 3.14. The lowest BCUT2D eigenvalue weighted by molar-refractivity contribution is 0.133. The molecule has 0 radical (unpaired) electrons. The topological polar surface area (TPSA) is 70.1 Å². The average molecular weight is 364 g/mol. The van der Waals surface area contributed by atoms with Gasteiger partial charge in [-0.05, 0) is 35.9 Å². The zero-order valence-electron chi connectivity index (χ0n) is 14.6. The monoisotopic (exact) mass is 364 g/mol. The largest absolute Gasteiger partial charge is 0.497 e. The van der Waals surface area contributed by atoms with Crippen LogP contribution in [-0.2, 0) is 13.1 Å². The zero-order chi connectivity index (χ0) is 18.4. The maximum Gasteiger partial charge on any atom is 0.417 e. The third kappa shape index (κ3) is 2.77. The van der Waals surface area contributed by atoms with Crippen LogP contribution in [0.15, 0.2) is 42.5 Å². The SMILES string of the molecule is COc1ccc2cc3c(nc2c1)OC(=O)N(Cc1ccc2c(c1)OCO2)C3. The summed E-state index contributed by atoms with van der Waals surface area (Å²) in [5.41, 5.74) is 2.54. The van der Waals surface area contributed by atoms with E-state index in [-0.39, 0.29) is 6.79 Å². The van der Waals surface area contributed by atoms with Gasteiger partial charge in [-0.25, -0.2) is 9.78 Å². The molecule has 136 valence electrons. The van der Waals surface area contributed by atoms with Crippen LogP contribution in [0, 0.1) is 0 Å². The Hall–Kier alpha value is -3.48. The Morgan fingerprint density at radius 1 is 1.11 bits per heavy atom. The first kappa shape index (κ1) is 15.7. The van der Waals surface area contributed by atoms with Crippen LogP contribution in [0.25, 0.3) is 10.9 Å². The first-order chi connectivity index (χ1) is 13.2. The predicted molar refractivity (Wildman–Crippen MR) is 96.1 cm³/mol.